The highest BCUT2D eigenvalue weighted by Gasteiger charge is 2.25. The molecule has 0 spiro atoms. The molecule has 1 fully saturated rings. The summed E-state index contributed by atoms with van der Waals surface area (Å²) in [5.74, 6) is 2.40. The molecule has 7 heteroatoms. The van der Waals surface area contributed by atoms with Crippen molar-refractivity contribution in [3.05, 3.63) is 72.6 Å². The molecular weight excluding hydrogens is 406 g/mol. The number of nitrogens with zero attached hydrogens (tertiary/aromatic N) is 3. The van der Waals surface area contributed by atoms with Gasteiger partial charge in [0, 0.05) is 19.6 Å². The third kappa shape index (κ3) is 5.29. The molecule has 0 saturated carbocycles. The quantitative estimate of drug-likeness (QED) is 0.539. The largest absolute Gasteiger partial charge is 0.486 e. The molecule has 5 rings (SSSR count). The van der Waals surface area contributed by atoms with Crippen LogP contribution in [0.1, 0.15) is 12.0 Å². The molecule has 1 aromatic heterocycles. The molecule has 0 radical (unpaired) electrons. The van der Waals surface area contributed by atoms with Crippen LogP contribution in [0.5, 0.6) is 23.3 Å². The molecule has 1 saturated heterocycles. The molecule has 2 unspecified atom stereocenters. The summed E-state index contributed by atoms with van der Waals surface area (Å²) in [7, 11) is 0. The molecule has 2 aliphatic heterocycles. The average molecular weight is 434 g/mol. The minimum atomic E-state index is -0.204. The van der Waals surface area contributed by atoms with Gasteiger partial charge in [0.1, 0.15) is 19.3 Å². The number of aromatic nitrogens is 2. The summed E-state index contributed by atoms with van der Waals surface area (Å²) < 4.78 is 23.5. The fourth-order valence-corrected chi connectivity index (χ4v) is 3.98. The average Bonchev–Trinajstić information content (AvgIpc) is 3.29. The zero-order chi connectivity index (χ0) is 21.6. The second kappa shape index (κ2) is 9.87. The molecule has 3 aromatic rings. The van der Waals surface area contributed by atoms with Crippen molar-refractivity contribution >= 4 is 0 Å². The lowest BCUT2D eigenvalue weighted by molar-refractivity contribution is 0.0516. The molecule has 7 nitrogen and oxygen atoms in total. The summed E-state index contributed by atoms with van der Waals surface area (Å²) in [4.78, 5) is 11.1. The van der Waals surface area contributed by atoms with Crippen LogP contribution in [0.4, 0.5) is 0 Å². The Morgan fingerprint density at radius 2 is 1.78 bits per heavy atom. The van der Waals surface area contributed by atoms with Gasteiger partial charge >= 0.3 is 0 Å². The minimum Gasteiger partial charge on any atom is -0.486 e. The van der Waals surface area contributed by atoms with Crippen LogP contribution < -0.4 is 18.9 Å². The summed E-state index contributed by atoms with van der Waals surface area (Å²) in [5, 5.41) is 0. The van der Waals surface area contributed by atoms with Crippen LogP contribution in [0.2, 0.25) is 0 Å². The van der Waals surface area contributed by atoms with Crippen molar-refractivity contribution in [1.29, 1.82) is 0 Å². The van der Waals surface area contributed by atoms with Crippen molar-refractivity contribution in [2.75, 3.05) is 32.8 Å². The number of ether oxygens (including phenoxy) is 4. The predicted molar refractivity (Wildman–Crippen MR) is 119 cm³/mol. The van der Waals surface area contributed by atoms with Gasteiger partial charge in [0.15, 0.2) is 17.6 Å². The normalized spacial score (nSPS) is 20.1. The SMILES string of the molecule is c1ccc(CCN2CCC(Oc3cncc(OCC4COc5ccccc5O4)n3)C2)cc1. The minimum absolute atomic E-state index is 0.113. The van der Waals surface area contributed by atoms with Crippen molar-refractivity contribution in [2.24, 2.45) is 0 Å². The van der Waals surface area contributed by atoms with E-state index in [4.69, 9.17) is 18.9 Å². The Labute approximate surface area is 187 Å². The van der Waals surface area contributed by atoms with E-state index in [1.807, 2.05) is 24.3 Å². The maximum Gasteiger partial charge on any atom is 0.235 e. The zero-order valence-electron chi connectivity index (χ0n) is 17.9. The molecule has 2 aromatic carbocycles. The fraction of sp³-hybridized carbons (Fsp3) is 0.360. The lowest BCUT2D eigenvalue weighted by atomic mass is 10.1. The van der Waals surface area contributed by atoms with Crippen LogP contribution in [0.15, 0.2) is 67.0 Å². The summed E-state index contributed by atoms with van der Waals surface area (Å²) in [6, 6.07) is 18.2. The number of para-hydroxylation sites is 2. The van der Waals surface area contributed by atoms with E-state index in [1.54, 1.807) is 12.4 Å². The van der Waals surface area contributed by atoms with Crippen LogP contribution in [0, 0.1) is 0 Å². The molecular formula is C25H27N3O4. The summed E-state index contributed by atoms with van der Waals surface area (Å²) in [6.07, 6.45) is 5.16. The van der Waals surface area contributed by atoms with Crippen molar-refractivity contribution in [3.63, 3.8) is 0 Å². The molecule has 0 bridgehead atoms. The Bertz CT molecular complexity index is 1020. The first kappa shape index (κ1) is 20.6. The summed E-state index contributed by atoms with van der Waals surface area (Å²) >= 11 is 0. The van der Waals surface area contributed by atoms with E-state index in [-0.39, 0.29) is 12.2 Å². The molecule has 32 heavy (non-hydrogen) atoms. The Morgan fingerprint density at radius 3 is 2.69 bits per heavy atom. The highest BCUT2D eigenvalue weighted by atomic mass is 16.6. The molecule has 3 heterocycles. The molecule has 2 atom stereocenters. The second-order valence-corrected chi connectivity index (χ2v) is 8.07. The first-order valence-corrected chi connectivity index (χ1v) is 11.1. The molecule has 2 aliphatic rings. The first-order chi connectivity index (χ1) is 15.8. The van der Waals surface area contributed by atoms with E-state index < -0.39 is 0 Å². The third-order valence-electron chi connectivity index (χ3n) is 5.65. The van der Waals surface area contributed by atoms with E-state index in [2.05, 4.69) is 45.2 Å². The highest BCUT2D eigenvalue weighted by molar-refractivity contribution is 5.40. The van der Waals surface area contributed by atoms with Crippen LogP contribution >= 0.6 is 0 Å². The number of rotatable bonds is 8. The highest BCUT2D eigenvalue weighted by Crippen LogP contribution is 2.31. The zero-order valence-corrected chi connectivity index (χ0v) is 17.9. The van der Waals surface area contributed by atoms with Crippen molar-refractivity contribution in [1.82, 2.24) is 14.9 Å². The first-order valence-electron chi connectivity index (χ1n) is 11.1. The Hall–Kier alpha value is -3.32. The maximum atomic E-state index is 6.09. The van der Waals surface area contributed by atoms with E-state index in [0.717, 1.165) is 44.0 Å². The van der Waals surface area contributed by atoms with E-state index in [0.29, 0.717) is 25.0 Å². The van der Waals surface area contributed by atoms with Gasteiger partial charge in [-0.05, 0) is 30.5 Å². The van der Waals surface area contributed by atoms with Gasteiger partial charge in [-0.1, -0.05) is 42.5 Å². The van der Waals surface area contributed by atoms with E-state index in [9.17, 15) is 0 Å². The standard InChI is InChI=1S/C25H27N3O4/c1-2-6-19(7-3-1)10-12-28-13-11-20(16-28)32-25-15-26-14-24(27-25)30-18-21-17-29-22-8-4-5-9-23(22)31-21/h1-9,14-15,20-21H,10-13,16-18H2. The summed E-state index contributed by atoms with van der Waals surface area (Å²) in [5.41, 5.74) is 1.36. The second-order valence-electron chi connectivity index (χ2n) is 8.07. The van der Waals surface area contributed by atoms with Crippen LogP contribution in [0.25, 0.3) is 0 Å². The van der Waals surface area contributed by atoms with Gasteiger partial charge in [-0.25, -0.2) is 0 Å². The van der Waals surface area contributed by atoms with Crippen LogP contribution in [-0.4, -0.2) is 59.9 Å². The lowest BCUT2D eigenvalue weighted by Crippen LogP contribution is -2.34. The molecule has 0 aliphatic carbocycles. The van der Waals surface area contributed by atoms with Gasteiger partial charge in [0.25, 0.3) is 0 Å². The Kier molecular flexibility index (Phi) is 6.35. The number of hydrogen-bond acceptors (Lipinski definition) is 7. The van der Waals surface area contributed by atoms with Crippen LogP contribution in [0.3, 0.4) is 0 Å². The predicted octanol–water partition coefficient (Wildman–Crippen LogP) is 3.39. The van der Waals surface area contributed by atoms with E-state index in [1.165, 1.54) is 5.56 Å². The number of likely N-dealkylation sites (tertiary alicyclic amines) is 1. The maximum absolute atomic E-state index is 6.09. The van der Waals surface area contributed by atoms with Gasteiger partial charge in [0.2, 0.25) is 11.8 Å². The van der Waals surface area contributed by atoms with Gasteiger partial charge in [-0.15, -0.1) is 0 Å². The van der Waals surface area contributed by atoms with Crippen LogP contribution in [-0.2, 0) is 6.42 Å². The van der Waals surface area contributed by atoms with Gasteiger partial charge < -0.3 is 18.9 Å². The monoisotopic (exact) mass is 433 g/mol. The molecule has 166 valence electrons. The van der Waals surface area contributed by atoms with Gasteiger partial charge in [-0.2, -0.15) is 4.98 Å². The fourth-order valence-electron chi connectivity index (χ4n) is 3.98. The smallest absolute Gasteiger partial charge is 0.235 e. The van der Waals surface area contributed by atoms with Crippen molar-refractivity contribution in [3.8, 4) is 23.3 Å². The Balaban J connectivity index is 1.08. The van der Waals surface area contributed by atoms with E-state index >= 15 is 0 Å². The number of hydrogen-bond donors (Lipinski definition) is 0. The molecule has 0 N–H and O–H groups in total. The number of benzene rings is 2. The molecule has 0 amide bonds. The van der Waals surface area contributed by atoms with Crippen molar-refractivity contribution in [2.45, 2.75) is 25.0 Å². The van der Waals surface area contributed by atoms with Gasteiger partial charge in [-0.3, -0.25) is 9.88 Å². The Morgan fingerprint density at radius 1 is 0.969 bits per heavy atom. The lowest BCUT2D eigenvalue weighted by Gasteiger charge is -2.26. The van der Waals surface area contributed by atoms with Gasteiger partial charge in [0.05, 0.1) is 12.4 Å². The summed E-state index contributed by atoms with van der Waals surface area (Å²) in [6.45, 7) is 3.71. The van der Waals surface area contributed by atoms with Crippen molar-refractivity contribution < 1.29 is 18.9 Å². The third-order valence-corrected chi connectivity index (χ3v) is 5.65. The number of fused-ring (bicyclic) bond motifs is 1. The topological polar surface area (TPSA) is 65.9 Å².